The third-order valence-electron chi connectivity index (χ3n) is 5.03. The molecule has 2 nitrogen and oxygen atoms in total. The van der Waals surface area contributed by atoms with Crippen LogP contribution >= 0.6 is 11.3 Å². The van der Waals surface area contributed by atoms with E-state index in [-0.39, 0.29) is 0 Å². The van der Waals surface area contributed by atoms with Crippen LogP contribution in [0, 0.1) is 24.7 Å². The van der Waals surface area contributed by atoms with Crippen molar-refractivity contribution >= 4 is 11.3 Å². The molecule has 0 saturated heterocycles. The molecule has 2 aliphatic carbocycles. The summed E-state index contributed by atoms with van der Waals surface area (Å²) in [7, 11) is 0. The Balaban J connectivity index is 1.59. The Hall–Kier alpha value is -0.410. The first-order chi connectivity index (χ1) is 8.63. The Morgan fingerprint density at radius 2 is 2.17 bits per heavy atom. The Morgan fingerprint density at radius 3 is 2.72 bits per heavy atom. The van der Waals surface area contributed by atoms with Crippen LogP contribution in [0.4, 0.5) is 0 Å². The first-order valence-electron chi connectivity index (χ1n) is 7.31. The van der Waals surface area contributed by atoms with Crippen molar-refractivity contribution in [3.8, 4) is 0 Å². The van der Waals surface area contributed by atoms with Crippen LogP contribution in [0.25, 0.3) is 0 Å². The van der Waals surface area contributed by atoms with Crippen LogP contribution in [0.2, 0.25) is 0 Å². The number of fused-ring (bicyclic) bond motifs is 2. The molecule has 3 rings (SSSR count). The van der Waals surface area contributed by atoms with E-state index >= 15 is 0 Å². The van der Waals surface area contributed by atoms with Crippen LogP contribution in [-0.2, 0) is 0 Å². The zero-order valence-corrected chi connectivity index (χ0v) is 12.5. The van der Waals surface area contributed by atoms with Crippen molar-refractivity contribution in [2.24, 2.45) is 17.8 Å². The lowest BCUT2D eigenvalue weighted by Crippen LogP contribution is -2.37. The maximum atomic E-state index is 4.59. The van der Waals surface area contributed by atoms with Gasteiger partial charge in [-0.1, -0.05) is 6.42 Å². The van der Waals surface area contributed by atoms with Crippen molar-refractivity contribution in [1.29, 1.82) is 0 Å². The Morgan fingerprint density at radius 1 is 1.33 bits per heavy atom. The number of aryl methyl sites for hydroxylation is 1. The van der Waals surface area contributed by atoms with Gasteiger partial charge in [-0.2, -0.15) is 0 Å². The lowest BCUT2D eigenvalue weighted by Gasteiger charge is -2.30. The minimum Gasteiger partial charge on any atom is -0.306 e. The van der Waals surface area contributed by atoms with Crippen molar-refractivity contribution in [3.05, 3.63) is 16.1 Å². The number of nitrogens with zero attached hydrogens (tertiary/aromatic N) is 1. The maximum Gasteiger partial charge on any atom is 0.0898 e. The highest BCUT2D eigenvalue weighted by atomic mass is 32.1. The van der Waals surface area contributed by atoms with Crippen molar-refractivity contribution in [3.63, 3.8) is 0 Å². The van der Waals surface area contributed by atoms with Gasteiger partial charge in [-0.25, -0.2) is 4.98 Å². The molecule has 1 N–H and O–H groups in total. The van der Waals surface area contributed by atoms with E-state index in [1.54, 1.807) is 11.3 Å². The number of aromatic nitrogens is 1. The van der Waals surface area contributed by atoms with E-state index < -0.39 is 0 Å². The van der Waals surface area contributed by atoms with Gasteiger partial charge in [-0.3, -0.25) is 0 Å². The van der Waals surface area contributed by atoms with E-state index in [0.29, 0.717) is 12.1 Å². The Labute approximate surface area is 114 Å². The van der Waals surface area contributed by atoms with E-state index in [4.69, 9.17) is 0 Å². The highest BCUT2D eigenvalue weighted by Crippen LogP contribution is 2.49. The van der Waals surface area contributed by atoms with Crippen LogP contribution in [-0.4, -0.2) is 11.0 Å². The molecule has 2 bridgehead atoms. The molecule has 2 saturated carbocycles. The number of hydrogen-bond acceptors (Lipinski definition) is 3. The lowest BCUT2D eigenvalue weighted by molar-refractivity contribution is 0.247. The van der Waals surface area contributed by atoms with Crippen LogP contribution in [0.1, 0.15) is 56.3 Å². The first kappa shape index (κ1) is 12.6. The van der Waals surface area contributed by atoms with Gasteiger partial charge in [0.2, 0.25) is 0 Å². The zero-order valence-electron chi connectivity index (χ0n) is 11.6. The Bertz CT molecular complexity index is 414. The molecule has 3 heteroatoms. The minimum atomic E-state index is 0.393. The van der Waals surface area contributed by atoms with Gasteiger partial charge in [0.15, 0.2) is 0 Å². The van der Waals surface area contributed by atoms with Gasteiger partial charge in [0.25, 0.3) is 0 Å². The molecular formula is C15H24N2S. The molecule has 0 aliphatic heterocycles. The van der Waals surface area contributed by atoms with Crippen LogP contribution < -0.4 is 5.32 Å². The van der Waals surface area contributed by atoms with Gasteiger partial charge in [-0.15, -0.1) is 11.3 Å². The third-order valence-corrected chi connectivity index (χ3v) is 5.82. The molecular weight excluding hydrogens is 240 g/mol. The number of nitrogens with one attached hydrogen (secondary N) is 1. The molecule has 18 heavy (non-hydrogen) atoms. The molecule has 5 unspecified atom stereocenters. The van der Waals surface area contributed by atoms with E-state index in [1.165, 1.54) is 36.4 Å². The summed E-state index contributed by atoms with van der Waals surface area (Å²) < 4.78 is 0. The summed E-state index contributed by atoms with van der Waals surface area (Å²) in [5.74, 6) is 2.95. The van der Waals surface area contributed by atoms with Gasteiger partial charge < -0.3 is 5.32 Å². The van der Waals surface area contributed by atoms with Crippen LogP contribution in [0.3, 0.4) is 0 Å². The fraction of sp³-hybridized carbons (Fsp3) is 0.800. The lowest BCUT2D eigenvalue weighted by atomic mass is 9.83. The van der Waals surface area contributed by atoms with Crippen molar-refractivity contribution in [2.75, 3.05) is 0 Å². The predicted octanol–water partition coefficient (Wildman–Crippen LogP) is 3.93. The topological polar surface area (TPSA) is 24.9 Å². The number of rotatable bonds is 4. The maximum absolute atomic E-state index is 4.59. The van der Waals surface area contributed by atoms with Crippen LogP contribution in [0.5, 0.6) is 0 Å². The highest BCUT2D eigenvalue weighted by molar-refractivity contribution is 7.09. The van der Waals surface area contributed by atoms with Gasteiger partial charge in [0, 0.05) is 17.5 Å². The molecule has 2 aliphatic rings. The number of hydrogen-bond donors (Lipinski definition) is 1. The summed E-state index contributed by atoms with van der Waals surface area (Å²) in [6, 6.07) is 1.03. The second-order valence-electron chi connectivity index (χ2n) is 6.31. The molecule has 1 aromatic rings. The molecule has 0 spiro atoms. The van der Waals surface area contributed by atoms with E-state index in [1.807, 2.05) is 0 Å². The average molecular weight is 264 g/mol. The minimum absolute atomic E-state index is 0.393. The largest absolute Gasteiger partial charge is 0.306 e. The van der Waals surface area contributed by atoms with Gasteiger partial charge >= 0.3 is 0 Å². The molecule has 0 radical (unpaired) electrons. The summed E-state index contributed by atoms with van der Waals surface area (Å²) in [5, 5.41) is 7.15. The second-order valence-corrected chi connectivity index (χ2v) is 7.37. The fourth-order valence-electron chi connectivity index (χ4n) is 4.09. The van der Waals surface area contributed by atoms with Crippen molar-refractivity contribution in [2.45, 2.75) is 58.5 Å². The summed E-state index contributed by atoms with van der Waals surface area (Å²) in [4.78, 5) is 4.59. The molecule has 1 aromatic heterocycles. The fourth-order valence-corrected chi connectivity index (χ4v) is 4.79. The summed E-state index contributed by atoms with van der Waals surface area (Å²) in [5.41, 5.74) is 1.22. The monoisotopic (exact) mass is 264 g/mol. The molecule has 0 amide bonds. The molecule has 0 aromatic carbocycles. The number of thiazole rings is 1. The second kappa shape index (κ2) is 4.93. The quantitative estimate of drug-likeness (QED) is 0.891. The normalized spacial score (nSPS) is 33.8. The van der Waals surface area contributed by atoms with Gasteiger partial charge in [0.1, 0.15) is 0 Å². The smallest absolute Gasteiger partial charge is 0.0898 e. The zero-order chi connectivity index (χ0) is 12.7. The molecule has 1 heterocycles. The standard InChI is InChI=1S/C15H24N2S/c1-9(14-7-12-4-5-13(14)6-12)16-10(2)15-8-18-11(3)17-15/h8-10,12-14,16H,4-7H2,1-3H3. The predicted molar refractivity (Wildman–Crippen MR) is 76.8 cm³/mol. The third kappa shape index (κ3) is 2.35. The summed E-state index contributed by atoms with van der Waals surface area (Å²) in [6.45, 7) is 6.71. The van der Waals surface area contributed by atoms with E-state index in [2.05, 4.69) is 36.5 Å². The summed E-state index contributed by atoms with van der Waals surface area (Å²) >= 11 is 1.75. The first-order valence-corrected chi connectivity index (χ1v) is 8.19. The SMILES string of the molecule is Cc1nc(C(C)NC(C)C2CC3CCC2C3)cs1. The van der Waals surface area contributed by atoms with E-state index in [9.17, 15) is 0 Å². The van der Waals surface area contributed by atoms with Gasteiger partial charge in [0.05, 0.1) is 10.7 Å². The highest BCUT2D eigenvalue weighted by Gasteiger charge is 2.41. The molecule has 5 atom stereocenters. The summed E-state index contributed by atoms with van der Waals surface area (Å²) in [6.07, 6.45) is 5.93. The molecule has 100 valence electrons. The molecule has 2 fully saturated rings. The van der Waals surface area contributed by atoms with Crippen LogP contribution in [0.15, 0.2) is 5.38 Å². The Kier molecular flexibility index (Phi) is 3.46. The van der Waals surface area contributed by atoms with Gasteiger partial charge in [-0.05, 0) is 57.8 Å². The van der Waals surface area contributed by atoms with Crippen molar-refractivity contribution < 1.29 is 0 Å². The van der Waals surface area contributed by atoms with Crippen molar-refractivity contribution in [1.82, 2.24) is 10.3 Å². The average Bonchev–Trinajstić information content (AvgIpc) is 3.03. The van der Waals surface area contributed by atoms with E-state index in [0.717, 1.165) is 17.8 Å².